The number of ether oxygens (including phenoxy) is 2. The van der Waals surface area contributed by atoms with Crippen molar-refractivity contribution < 1.29 is 19.4 Å². The maximum absolute atomic E-state index is 11.4. The van der Waals surface area contributed by atoms with Gasteiger partial charge < -0.3 is 14.6 Å². The fraction of sp³-hybridized carbons (Fsp3) is 0.700. The molecule has 0 aromatic rings. The van der Waals surface area contributed by atoms with Crippen molar-refractivity contribution in [1.29, 1.82) is 0 Å². The number of ketones is 1. The monoisotopic (exact) mass is 200 g/mol. The summed E-state index contributed by atoms with van der Waals surface area (Å²) in [7, 11) is 0. The van der Waals surface area contributed by atoms with Crippen molar-refractivity contribution in [3.63, 3.8) is 0 Å². The van der Waals surface area contributed by atoms with Crippen LogP contribution in [0.3, 0.4) is 0 Å². The molecule has 1 heterocycles. The highest BCUT2D eigenvalue weighted by Gasteiger charge is 2.42. The van der Waals surface area contributed by atoms with Crippen LogP contribution in [0.2, 0.25) is 0 Å². The first-order valence-electron chi connectivity index (χ1n) is 4.74. The molecule has 80 valence electrons. The van der Waals surface area contributed by atoms with Crippen molar-refractivity contribution in [3.05, 3.63) is 12.7 Å². The van der Waals surface area contributed by atoms with Gasteiger partial charge in [0.2, 0.25) is 5.78 Å². The summed E-state index contributed by atoms with van der Waals surface area (Å²) in [6.45, 7) is 5.79. The van der Waals surface area contributed by atoms with Crippen molar-refractivity contribution >= 4 is 5.78 Å². The van der Waals surface area contributed by atoms with Crippen molar-refractivity contribution in [2.24, 2.45) is 5.92 Å². The van der Waals surface area contributed by atoms with Crippen LogP contribution >= 0.6 is 0 Å². The minimum Gasteiger partial charge on any atom is -0.390 e. The SMILES string of the molecule is C=CC(=O)C1(CO)OCC(CC)CO1. The molecule has 0 bridgehead atoms. The van der Waals surface area contributed by atoms with Gasteiger partial charge in [0.05, 0.1) is 13.2 Å². The highest BCUT2D eigenvalue weighted by Crippen LogP contribution is 2.24. The summed E-state index contributed by atoms with van der Waals surface area (Å²) < 4.78 is 10.6. The Morgan fingerprint density at radius 2 is 2.21 bits per heavy atom. The van der Waals surface area contributed by atoms with Crippen LogP contribution in [0.5, 0.6) is 0 Å². The predicted octanol–water partition coefficient (Wildman–Crippen LogP) is 0.503. The normalized spacial score (nSPS) is 32.6. The van der Waals surface area contributed by atoms with Crippen molar-refractivity contribution in [3.8, 4) is 0 Å². The quantitative estimate of drug-likeness (QED) is 0.671. The molecule has 0 spiro atoms. The Balaban J connectivity index is 2.65. The fourth-order valence-electron chi connectivity index (χ4n) is 1.30. The topological polar surface area (TPSA) is 55.8 Å². The number of aliphatic hydroxyl groups is 1. The molecular formula is C10H16O4. The Labute approximate surface area is 83.5 Å². The maximum Gasteiger partial charge on any atom is 0.257 e. The Bertz CT molecular complexity index is 216. The molecule has 0 unspecified atom stereocenters. The zero-order chi connectivity index (χ0) is 10.6. The minimum atomic E-state index is -1.49. The number of rotatable bonds is 4. The summed E-state index contributed by atoms with van der Waals surface area (Å²) in [6, 6.07) is 0. The van der Waals surface area contributed by atoms with Gasteiger partial charge in [-0.2, -0.15) is 0 Å². The lowest BCUT2D eigenvalue weighted by molar-refractivity contribution is -0.276. The Morgan fingerprint density at radius 1 is 1.64 bits per heavy atom. The van der Waals surface area contributed by atoms with Gasteiger partial charge in [-0.25, -0.2) is 0 Å². The Morgan fingerprint density at radius 3 is 2.57 bits per heavy atom. The lowest BCUT2D eigenvalue weighted by Gasteiger charge is -2.36. The molecule has 1 saturated heterocycles. The molecule has 14 heavy (non-hydrogen) atoms. The van der Waals surface area contributed by atoms with Gasteiger partial charge in [0.25, 0.3) is 5.79 Å². The smallest absolute Gasteiger partial charge is 0.257 e. The summed E-state index contributed by atoms with van der Waals surface area (Å²) >= 11 is 0. The molecule has 1 rings (SSSR count). The zero-order valence-electron chi connectivity index (χ0n) is 8.36. The molecule has 0 aromatic heterocycles. The minimum absolute atomic E-state index is 0.298. The van der Waals surface area contributed by atoms with E-state index in [4.69, 9.17) is 14.6 Å². The third-order valence-electron chi connectivity index (χ3n) is 2.45. The standard InChI is InChI=1S/C10H16O4/c1-3-8-5-13-10(7-11,14-6-8)9(12)4-2/h4,8,11H,2-3,5-7H2,1H3. The van der Waals surface area contributed by atoms with Gasteiger partial charge in [-0.05, 0) is 12.5 Å². The molecule has 1 N–H and O–H groups in total. The molecule has 0 atom stereocenters. The van der Waals surface area contributed by atoms with Gasteiger partial charge in [-0.15, -0.1) is 0 Å². The van der Waals surface area contributed by atoms with Crippen LogP contribution < -0.4 is 0 Å². The van der Waals surface area contributed by atoms with E-state index in [1.807, 2.05) is 6.92 Å². The van der Waals surface area contributed by atoms with E-state index in [-0.39, 0.29) is 0 Å². The molecule has 1 fully saturated rings. The van der Waals surface area contributed by atoms with E-state index >= 15 is 0 Å². The predicted molar refractivity (Wildman–Crippen MR) is 50.7 cm³/mol. The molecule has 4 nitrogen and oxygen atoms in total. The molecule has 0 aliphatic carbocycles. The second kappa shape index (κ2) is 4.68. The number of aliphatic hydroxyl groups excluding tert-OH is 1. The van der Waals surface area contributed by atoms with Gasteiger partial charge in [0.15, 0.2) is 0 Å². The molecule has 1 aliphatic heterocycles. The van der Waals surface area contributed by atoms with E-state index in [2.05, 4.69) is 6.58 Å². The van der Waals surface area contributed by atoms with E-state index in [1.165, 1.54) is 0 Å². The fourth-order valence-corrected chi connectivity index (χ4v) is 1.30. The molecule has 0 amide bonds. The van der Waals surface area contributed by atoms with Crippen molar-refractivity contribution in [2.75, 3.05) is 19.8 Å². The van der Waals surface area contributed by atoms with Crippen LogP contribution in [0.1, 0.15) is 13.3 Å². The van der Waals surface area contributed by atoms with Gasteiger partial charge in [0, 0.05) is 5.92 Å². The van der Waals surface area contributed by atoms with E-state index in [9.17, 15) is 4.79 Å². The summed E-state index contributed by atoms with van der Waals surface area (Å²) in [4.78, 5) is 11.4. The van der Waals surface area contributed by atoms with Gasteiger partial charge in [0.1, 0.15) is 6.61 Å². The molecular weight excluding hydrogens is 184 g/mol. The van der Waals surface area contributed by atoms with Gasteiger partial charge >= 0.3 is 0 Å². The Hall–Kier alpha value is -0.710. The average Bonchev–Trinajstić information content (AvgIpc) is 2.28. The molecule has 4 heteroatoms. The third-order valence-corrected chi connectivity index (χ3v) is 2.45. The van der Waals surface area contributed by atoms with Crippen molar-refractivity contribution in [1.82, 2.24) is 0 Å². The number of hydrogen-bond acceptors (Lipinski definition) is 4. The first-order chi connectivity index (χ1) is 6.68. The van der Waals surface area contributed by atoms with Crippen LogP contribution in [0, 0.1) is 5.92 Å². The molecule has 0 saturated carbocycles. The van der Waals surface area contributed by atoms with E-state index in [0.29, 0.717) is 19.1 Å². The largest absolute Gasteiger partial charge is 0.390 e. The summed E-state index contributed by atoms with van der Waals surface area (Å²) in [6.07, 6.45) is 2.05. The Kier molecular flexibility index (Phi) is 3.80. The molecule has 0 radical (unpaired) electrons. The molecule has 0 aromatic carbocycles. The van der Waals surface area contributed by atoms with Crippen LogP contribution in [0.4, 0.5) is 0 Å². The first kappa shape index (κ1) is 11.4. The maximum atomic E-state index is 11.4. The second-order valence-electron chi connectivity index (χ2n) is 3.38. The number of carbonyl (C=O) groups is 1. The van der Waals surface area contributed by atoms with E-state index in [1.54, 1.807) is 0 Å². The van der Waals surface area contributed by atoms with E-state index in [0.717, 1.165) is 12.5 Å². The average molecular weight is 200 g/mol. The highest BCUT2D eigenvalue weighted by molar-refractivity contribution is 5.95. The van der Waals surface area contributed by atoms with Gasteiger partial charge in [-0.1, -0.05) is 13.5 Å². The summed E-state index contributed by atoms with van der Waals surface area (Å²) in [5, 5.41) is 9.08. The lowest BCUT2D eigenvalue weighted by Crippen LogP contribution is -2.52. The lowest BCUT2D eigenvalue weighted by atomic mass is 10.1. The molecule has 1 aliphatic rings. The summed E-state index contributed by atoms with van der Waals surface area (Å²) in [5.74, 6) is -1.62. The summed E-state index contributed by atoms with van der Waals surface area (Å²) in [5.41, 5.74) is 0. The van der Waals surface area contributed by atoms with Crippen LogP contribution in [0.15, 0.2) is 12.7 Å². The highest BCUT2D eigenvalue weighted by atomic mass is 16.7. The number of carbonyl (C=O) groups excluding carboxylic acids is 1. The van der Waals surface area contributed by atoms with Crippen LogP contribution in [-0.4, -0.2) is 36.5 Å². The van der Waals surface area contributed by atoms with Gasteiger partial charge in [-0.3, -0.25) is 4.79 Å². The van der Waals surface area contributed by atoms with E-state index < -0.39 is 18.2 Å². The van der Waals surface area contributed by atoms with Crippen molar-refractivity contribution in [2.45, 2.75) is 19.1 Å². The number of hydrogen-bond donors (Lipinski definition) is 1. The zero-order valence-corrected chi connectivity index (χ0v) is 8.36. The van der Waals surface area contributed by atoms with Crippen LogP contribution in [0.25, 0.3) is 0 Å². The second-order valence-corrected chi connectivity index (χ2v) is 3.38. The van der Waals surface area contributed by atoms with Crippen LogP contribution in [-0.2, 0) is 14.3 Å². The third kappa shape index (κ3) is 2.03. The first-order valence-corrected chi connectivity index (χ1v) is 4.74.